The molecule has 1 aromatic rings. The van der Waals surface area contributed by atoms with Crippen molar-refractivity contribution in [1.29, 1.82) is 0 Å². The van der Waals surface area contributed by atoms with Crippen molar-refractivity contribution in [2.75, 3.05) is 23.9 Å². The van der Waals surface area contributed by atoms with Crippen molar-refractivity contribution in [1.82, 2.24) is 9.97 Å². The summed E-state index contributed by atoms with van der Waals surface area (Å²) < 4.78 is 0. The summed E-state index contributed by atoms with van der Waals surface area (Å²) in [5.41, 5.74) is 0. The summed E-state index contributed by atoms with van der Waals surface area (Å²) in [5.74, 6) is 2.54. The first-order valence-corrected chi connectivity index (χ1v) is 5.50. The van der Waals surface area contributed by atoms with Crippen molar-refractivity contribution in [3.63, 3.8) is 0 Å². The summed E-state index contributed by atoms with van der Waals surface area (Å²) in [6.07, 6.45) is 5.74. The quantitative estimate of drug-likeness (QED) is 0.716. The minimum absolute atomic E-state index is 0.738. The van der Waals surface area contributed by atoms with Gasteiger partial charge in [0.15, 0.2) is 0 Å². The lowest BCUT2D eigenvalue weighted by molar-refractivity contribution is 0.572. The molecule has 1 aliphatic rings. The van der Waals surface area contributed by atoms with Gasteiger partial charge >= 0.3 is 0 Å². The lowest BCUT2D eigenvalue weighted by Crippen LogP contribution is -2.20. The van der Waals surface area contributed by atoms with Crippen LogP contribution < -0.4 is 4.90 Å². The molecule has 1 fully saturated rings. The standard InChI is InChI=1S/C10H14ClN3/c11-4-1-9-3-6-14(7-9)10-2-5-12-8-13-10/h2,5,8-9H,1,3-4,6-7H2. The number of alkyl halides is 1. The van der Waals surface area contributed by atoms with Crippen LogP contribution >= 0.6 is 11.6 Å². The number of rotatable bonds is 3. The van der Waals surface area contributed by atoms with Gasteiger partial charge in [-0.2, -0.15) is 0 Å². The Labute approximate surface area is 89.1 Å². The van der Waals surface area contributed by atoms with Crippen molar-refractivity contribution in [3.05, 3.63) is 18.6 Å². The number of nitrogens with zero attached hydrogens (tertiary/aromatic N) is 3. The monoisotopic (exact) mass is 211 g/mol. The van der Waals surface area contributed by atoms with E-state index in [9.17, 15) is 0 Å². The maximum absolute atomic E-state index is 5.73. The average molecular weight is 212 g/mol. The molecule has 1 aromatic heterocycles. The van der Waals surface area contributed by atoms with Gasteiger partial charge in [0.05, 0.1) is 0 Å². The van der Waals surface area contributed by atoms with E-state index in [1.165, 1.54) is 6.42 Å². The number of hydrogen-bond acceptors (Lipinski definition) is 3. The van der Waals surface area contributed by atoms with Gasteiger partial charge in [0.1, 0.15) is 12.1 Å². The van der Waals surface area contributed by atoms with Gasteiger partial charge in [-0.05, 0) is 24.8 Å². The fraction of sp³-hybridized carbons (Fsp3) is 0.600. The number of anilines is 1. The molecule has 0 spiro atoms. The van der Waals surface area contributed by atoms with E-state index in [2.05, 4.69) is 14.9 Å². The number of hydrogen-bond donors (Lipinski definition) is 0. The molecule has 0 N–H and O–H groups in total. The van der Waals surface area contributed by atoms with Crippen LogP contribution in [0, 0.1) is 5.92 Å². The van der Waals surface area contributed by atoms with Crippen LogP contribution in [0.5, 0.6) is 0 Å². The van der Waals surface area contributed by atoms with Crippen molar-refractivity contribution >= 4 is 17.4 Å². The Hall–Kier alpha value is -0.830. The van der Waals surface area contributed by atoms with E-state index in [0.29, 0.717) is 0 Å². The third kappa shape index (κ3) is 2.15. The molecule has 1 atom stereocenters. The lowest BCUT2D eigenvalue weighted by Gasteiger charge is -2.16. The SMILES string of the molecule is ClCCC1CCN(c2ccncn2)C1. The van der Waals surface area contributed by atoms with Crippen molar-refractivity contribution < 1.29 is 0 Å². The zero-order chi connectivity index (χ0) is 9.80. The summed E-state index contributed by atoms with van der Waals surface area (Å²) in [6, 6.07) is 1.96. The molecule has 14 heavy (non-hydrogen) atoms. The third-order valence-corrected chi connectivity index (χ3v) is 2.91. The first-order valence-electron chi connectivity index (χ1n) is 4.97. The first-order chi connectivity index (χ1) is 6.90. The highest BCUT2D eigenvalue weighted by molar-refractivity contribution is 6.17. The molecule has 0 amide bonds. The van der Waals surface area contributed by atoms with E-state index in [1.807, 2.05) is 6.07 Å². The van der Waals surface area contributed by atoms with Gasteiger partial charge < -0.3 is 4.90 Å². The second-order valence-electron chi connectivity index (χ2n) is 3.65. The molecule has 2 rings (SSSR count). The summed E-state index contributed by atoms with van der Waals surface area (Å²) in [5, 5.41) is 0. The Bertz CT molecular complexity index is 278. The Balaban J connectivity index is 1.96. The second-order valence-corrected chi connectivity index (χ2v) is 4.02. The predicted octanol–water partition coefficient (Wildman–Crippen LogP) is 1.93. The highest BCUT2D eigenvalue weighted by atomic mass is 35.5. The predicted molar refractivity (Wildman–Crippen MR) is 57.7 cm³/mol. The third-order valence-electron chi connectivity index (χ3n) is 2.69. The minimum Gasteiger partial charge on any atom is -0.356 e. The number of aromatic nitrogens is 2. The number of halogens is 1. The van der Waals surface area contributed by atoms with Crippen molar-refractivity contribution in [2.45, 2.75) is 12.8 Å². The van der Waals surface area contributed by atoms with Crippen LogP contribution in [-0.2, 0) is 0 Å². The normalized spacial score (nSPS) is 21.5. The Morgan fingerprint density at radius 2 is 2.50 bits per heavy atom. The molecule has 3 nitrogen and oxygen atoms in total. The van der Waals surface area contributed by atoms with E-state index in [0.717, 1.165) is 37.1 Å². The molecule has 0 saturated carbocycles. The Kier molecular flexibility index (Phi) is 3.19. The molecule has 4 heteroatoms. The molecule has 1 aliphatic heterocycles. The van der Waals surface area contributed by atoms with Gasteiger partial charge in [0, 0.05) is 25.2 Å². The van der Waals surface area contributed by atoms with Crippen molar-refractivity contribution in [3.8, 4) is 0 Å². The zero-order valence-corrected chi connectivity index (χ0v) is 8.82. The molecular weight excluding hydrogens is 198 g/mol. The van der Waals surface area contributed by atoms with E-state index in [-0.39, 0.29) is 0 Å². The van der Waals surface area contributed by atoms with E-state index >= 15 is 0 Å². The fourth-order valence-corrected chi connectivity index (χ4v) is 2.21. The maximum Gasteiger partial charge on any atom is 0.131 e. The van der Waals surface area contributed by atoms with E-state index in [1.54, 1.807) is 12.5 Å². The Morgan fingerprint density at radius 1 is 1.57 bits per heavy atom. The van der Waals surface area contributed by atoms with Gasteiger partial charge in [-0.1, -0.05) is 0 Å². The van der Waals surface area contributed by atoms with Crippen LogP contribution in [0.2, 0.25) is 0 Å². The second kappa shape index (κ2) is 4.60. The van der Waals surface area contributed by atoms with E-state index in [4.69, 9.17) is 11.6 Å². The lowest BCUT2D eigenvalue weighted by atomic mass is 10.1. The average Bonchev–Trinajstić information content (AvgIpc) is 2.68. The molecule has 0 aromatic carbocycles. The van der Waals surface area contributed by atoms with Crippen LogP contribution in [0.25, 0.3) is 0 Å². The van der Waals surface area contributed by atoms with Gasteiger partial charge in [-0.15, -0.1) is 11.6 Å². The molecule has 76 valence electrons. The van der Waals surface area contributed by atoms with Crippen LogP contribution in [-0.4, -0.2) is 28.9 Å². The van der Waals surface area contributed by atoms with Crippen LogP contribution in [0.15, 0.2) is 18.6 Å². The zero-order valence-electron chi connectivity index (χ0n) is 8.06. The summed E-state index contributed by atoms with van der Waals surface area (Å²) in [7, 11) is 0. The van der Waals surface area contributed by atoms with Gasteiger partial charge in [0.2, 0.25) is 0 Å². The molecular formula is C10H14ClN3. The van der Waals surface area contributed by atoms with E-state index < -0.39 is 0 Å². The summed E-state index contributed by atoms with van der Waals surface area (Å²) in [4.78, 5) is 10.5. The maximum atomic E-state index is 5.73. The smallest absolute Gasteiger partial charge is 0.131 e. The molecule has 2 heterocycles. The largest absolute Gasteiger partial charge is 0.356 e. The van der Waals surface area contributed by atoms with Gasteiger partial charge in [-0.3, -0.25) is 0 Å². The van der Waals surface area contributed by atoms with Crippen LogP contribution in [0.3, 0.4) is 0 Å². The molecule has 0 aliphatic carbocycles. The molecule has 0 radical (unpaired) electrons. The summed E-state index contributed by atoms with van der Waals surface area (Å²) in [6.45, 7) is 2.18. The van der Waals surface area contributed by atoms with Gasteiger partial charge in [0.25, 0.3) is 0 Å². The first kappa shape index (κ1) is 9.71. The van der Waals surface area contributed by atoms with Crippen molar-refractivity contribution in [2.24, 2.45) is 5.92 Å². The highest BCUT2D eigenvalue weighted by Gasteiger charge is 2.22. The molecule has 1 unspecified atom stereocenters. The Morgan fingerprint density at radius 3 is 3.21 bits per heavy atom. The fourth-order valence-electron chi connectivity index (χ4n) is 1.90. The van der Waals surface area contributed by atoms with Gasteiger partial charge in [-0.25, -0.2) is 9.97 Å². The molecule has 1 saturated heterocycles. The highest BCUT2D eigenvalue weighted by Crippen LogP contribution is 2.23. The topological polar surface area (TPSA) is 29.0 Å². The minimum atomic E-state index is 0.738. The molecule has 0 bridgehead atoms. The summed E-state index contributed by atoms with van der Waals surface area (Å²) >= 11 is 5.73. The van der Waals surface area contributed by atoms with Crippen LogP contribution in [0.4, 0.5) is 5.82 Å². The van der Waals surface area contributed by atoms with Crippen LogP contribution in [0.1, 0.15) is 12.8 Å².